The van der Waals surface area contributed by atoms with Crippen LogP contribution in [0.3, 0.4) is 0 Å². The summed E-state index contributed by atoms with van der Waals surface area (Å²) < 4.78 is 0. The first-order valence-corrected chi connectivity index (χ1v) is 7.52. The normalized spacial score (nSPS) is 23.9. The molecule has 21 heavy (non-hydrogen) atoms. The highest BCUT2D eigenvalue weighted by Gasteiger charge is 2.46. The van der Waals surface area contributed by atoms with E-state index in [0.717, 1.165) is 25.7 Å². The number of carbonyl (C=O) groups is 2. The standard InChI is InChI=1S/C14H24N4O3/c1-17-8-5-9-18(10-11(17)19)13(20)14(12(15)16-21)6-3-2-4-7-14/h21H,2-10H2,1H3,(H2,15,16). The van der Waals surface area contributed by atoms with Crippen LogP contribution in [0.4, 0.5) is 0 Å². The molecule has 7 heteroatoms. The lowest BCUT2D eigenvalue weighted by molar-refractivity contribution is -0.144. The summed E-state index contributed by atoms with van der Waals surface area (Å²) in [5.74, 6) is -0.246. The predicted octanol–water partition coefficient (Wildman–Crippen LogP) is 0.374. The molecule has 2 aliphatic rings. The summed E-state index contributed by atoms with van der Waals surface area (Å²) in [6.45, 7) is 1.27. The van der Waals surface area contributed by atoms with Crippen LogP contribution >= 0.6 is 0 Å². The van der Waals surface area contributed by atoms with Gasteiger partial charge in [-0.15, -0.1) is 0 Å². The molecular weight excluding hydrogens is 272 g/mol. The number of nitrogens with zero attached hydrogens (tertiary/aromatic N) is 3. The lowest BCUT2D eigenvalue weighted by atomic mass is 9.72. The zero-order valence-electron chi connectivity index (χ0n) is 12.5. The van der Waals surface area contributed by atoms with E-state index in [4.69, 9.17) is 10.9 Å². The monoisotopic (exact) mass is 296 g/mol. The van der Waals surface area contributed by atoms with E-state index in [1.165, 1.54) is 0 Å². The Labute approximate surface area is 124 Å². The largest absolute Gasteiger partial charge is 0.409 e. The van der Waals surface area contributed by atoms with E-state index in [0.29, 0.717) is 25.9 Å². The van der Waals surface area contributed by atoms with Gasteiger partial charge in [0.15, 0.2) is 5.84 Å². The van der Waals surface area contributed by atoms with Crippen LogP contribution in [0.25, 0.3) is 0 Å². The Kier molecular flexibility index (Phi) is 4.69. The van der Waals surface area contributed by atoms with Gasteiger partial charge in [0.05, 0.1) is 6.54 Å². The van der Waals surface area contributed by atoms with Crippen molar-refractivity contribution in [1.29, 1.82) is 0 Å². The lowest BCUT2D eigenvalue weighted by Crippen LogP contribution is -2.53. The molecule has 0 aromatic carbocycles. The minimum atomic E-state index is -0.934. The topological polar surface area (TPSA) is 99.2 Å². The zero-order valence-corrected chi connectivity index (χ0v) is 12.5. The minimum absolute atomic E-state index is 0.0164. The van der Waals surface area contributed by atoms with E-state index in [-0.39, 0.29) is 24.2 Å². The Morgan fingerprint density at radius 2 is 1.90 bits per heavy atom. The Morgan fingerprint density at radius 1 is 1.24 bits per heavy atom. The number of likely N-dealkylation sites (N-methyl/N-ethyl adjacent to an activating group) is 1. The highest BCUT2D eigenvalue weighted by molar-refractivity contribution is 6.07. The quantitative estimate of drug-likeness (QED) is 0.333. The number of rotatable bonds is 2. The molecule has 1 heterocycles. The van der Waals surface area contributed by atoms with E-state index in [9.17, 15) is 9.59 Å². The molecule has 1 saturated heterocycles. The maximum atomic E-state index is 13.0. The van der Waals surface area contributed by atoms with Crippen molar-refractivity contribution in [3.8, 4) is 0 Å². The average Bonchev–Trinajstić information content (AvgIpc) is 2.68. The number of oxime groups is 1. The second-order valence-electron chi connectivity index (χ2n) is 6.02. The van der Waals surface area contributed by atoms with E-state index in [1.807, 2.05) is 0 Å². The number of nitrogens with two attached hydrogens (primary N) is 1. The Morgan fingerprint density at radius 3 is 2.52 bits per heavy atom. The van der Waals surface area contributed by atoms with Crippen LogP contribution in [-0.2, 0) is 9.59 Å². The van der Waals surface area contributed by atoms with Gasteiger partial charge in [-0.1, -0.05) is 24.4 Å². The van der Waals surface area contributed by atoms with Crippen LogP contribution in [0.15, 0.2) is 5.16 Å². The fourth-order valence-corrected chi connectivity index (χ4v) is 3.29. The van der Waals surface area contributed by atoms with Gasteiger partial charge in [0.1, 0.15) is 5.41 Å². The lowest BCUT2D eigenvalue weighted by Gasteiger charge is -2.38. The van der Waals surface area contributed by atoms with Gasteiger partial charge in [0.25, 0.3) is 0 Å². The summed E-state index contributed by atoms with van der Waals surface area (Å²) in [4.78, 5) is 28.2. The van der Waals surface area contributed by atoms with Crippen LogP contribution < -0.4 is 5.73 Å². The molecule has 3 N–H and O–H groups in total. The zero-order chi connectivity index (χ0) is 15.5. The molecule has 1 aliphatic heterocycles. The average molecular weight is 296 g/mol. The number of amides is 2. The van der Waals surface area contributed by atoms with Crippen LogP contribution in [-0.4, -0.2) is 59.3 Å². The minimum Gasteiger partial charge on any atom is -0.409 e. The molecule has 0 radical (unpaired) electrons. The van der Waals surface area contributed by atoms with Gasteiger partial charge in [-0.05, 0) is 19.3 Å². The van der Waals surface area contributed by atoms with Gasteiger partial charge in [0.2, 0.25) is 11.8 Å². The summed E-state index contributed by atoms with van der Waals surface area (Å²) in [5, 5.41) is 12.2. The molecule has 2 fully saturated rings. The van der Waals surface area contributed by atoms with Crippen molar-refractivity contribution < 1.29 is 14.8 Å². The number of amidine groups is 1. The van der Waals surface area contributed by atoms with E-state index >= 15 is 0 Å². The van der Waals surface area contributed by atoms with E-state index in [2.05, 4.69) is 5.16 Å². The van der Waals surface area contributed by atoms with E-state index in [1.54, 1.807) is 16.8 Å². The summed E-state index contributed by atoms with van der Waals surface area (Å²) in [7, 11) is 1.75. The Balaban J connectivity index is 2.23. The second kappa shape index (κ2) is 6.32. The predicted molar refractivity (Wildman–Crippen MR) is 77.8 cm³/mol. The molecule has 0 spiro atoms. The molecule has 7 nitrogen and oxygen atoms in total. The Hall–Kier alpha value is -1.79. The molecule has 2 amide bonds. The molecule has 1 saturated carbocycles. The van der Waals surface area contributed by atoms with Gasteiger partial charge >= 0.3 is 0 Å². The van der Waals surface area contributed by atoms with Crippen LogP contribution in [0.1, 0.15) is 38.5 Å². The van der Waals surface area contributed by atoms with Gasteiger partial charge < -0.3 is 20.7 Å². The van der Waals surface area contributed by atoms with Crippen molar-refractivity contribution in [3.63, 3.8) is 0 Å². The molecule has 0 unspecified atom stereocenters. The summed E-state index contributed by atoms with van der Waals surface area (Å²) in [5.41, 5.74) is 4.91. The highest BCUT2D eigenvalue weighted by Crippen LogP contribution is 2.38. The van der Waals surface area contributed by atoms with Crippen molar-refractivity contribution in [2.75, 3.05) is 26.7 Å². The molecule has 1 aliphatic carbocycles. The third-order valence-corrected chi connectivity index (χ3v) is 4.68. The fraction of sp³-hybridized carbons (Fsp3) is 0.786. The molecule has 118 valence electrons. The maximum absolute atomic E-state index is 13.0. The number of hydrogen-bond donors (Lipinski definition) is 2. The first kappa shape index (κ1) is 15.6. The van der Waals surface area contributed by atoms with Gasteiger partial charge in [0, 0.05) is 20.1 Å². The van der Waals surface area contributed by atoms with Crippen molar-refractivity contribution in [1.82, 2.24) is 9.80 Å². The van der Waals surface area contributed by atoms with Crippen molar-refractivity contribution in [2.24, 2.45) is 16.3 Å². The molecule has 0 bridgehead atoms. The van der Waals surface area contributed by atoms with Crippen LogP contribution in [0.5, 0.6) is 0 Å². The van der Waals surface area contributed by atoms with Gasteiger partial charge in [-0.2, -0.15) is 0 Å². The van der Waals surface area contributed by atoms with Crippen molar-refractivity contribution >= 4 is 17.6 Å². The SMILES string of the molecule is CN1CCCN(C(=O)C2(C(N)=NO)CCCCC2)CC1=O. The van der Waals surface area contributed by atoms with Crippen molar-refractivity contribution in [3.05, 3.63) is 0 Å². The third kappa shape index (κ3) is 2.96. The van der Waals surface area contributed by atoms with Crippen molar-refractivity contribution in [2.45, 2.75) is 38.5 Å². The number of hydrogen-bond acceptors (Lipinski definition) is 4. The maximum Gasteiger partial charge on any atom is 0.241 e. The first-order chi connectivity index (χ1) is 10.0. The molecule has 0 atom stereocenters. The molecule has 0 aromatic heterocycles. The third-order valence-electron chi connectivity index (χ3n) is 4.68. The first-order valence-electron chi connectivity index (χ1n) is 7.52. The van der Waals surface area contributed by atoms with Crippen LogP contribution in [0, 0.1) is 5.41 Å². The summed E-state index contributed by atoms with van der Waals surface area (Å²) in [6.07, 6.45) is 4.73. The Bertz CT molecular complexity index is 444. The second-order valence-corrected chi connectivity index (χ2v) is 6.02. The fourth-order valence-electron chi connectivity index (χ4n) is 3.29. The number of carbonyl (C=O) groups excluding carboxylic acids is 2. The molecule has 0 aromatic rings. The molecule has 2 rings (SSSR count). The summed E-state index contributed by atoms with van der Waals surface area (Å²) >= 11 is 0. The highest BCUT2D eigenvalue weighted by atomic mass is 16.4. The van der Waals surface area contributed by atoms with E-state index < -0.39 is 5.41 Å². The molecular formula is C14H24N4O3. The van der Waals surface area contributed by atoms with Gasteiger partial charge in [-0.3, -0.25) is 9.59 Å². The summed E-state index contributed by atoms with van der Waals surface area (Å²) in [6, 6.07) is 0. The smallest absolute Gasteiger partial charge is 0.241 e. The van der Waals surface area contributed by atoms with Gasteiger partial charge in [-0.25, -0.2) is 0 Å². The van der Waals surface area contributed by atoms with Crippen LogP contribution in [0.2, 0.25) is 0 Å².